The number of aliphatic imine (C=N–C) groups is 1. The number of methoxy groups -OCH3 is 3. The van der Waals surface area contributed by atoms with Crippen molar-refractivity contribution in [2.24, 2.45) is 4.99 Å². The topological polar surface area (TPSA) is 131 Å². The molecule has 10 nitrogen and oxygen atoms in total. The fourth-order valence-electron chi connectivity index (χ4n) is 2.11. The van der Waals surface area contributed by atoms with Gasteiger partial charge in [-0.25, -0.2) is 14.4 Å². The molecule has 144 valence electrons. The Bertz CT molecular complexity index is 843. The number of nitrogens with zero attached hydrogens (tertiary/aromatic N) is 1. The number of aromatic amines is 1. The van der Waals surface area contributed by atoms with Gasteiger partial charge < -0.3 is 24.5 Å². The summed E-state index contributed by atoms with van der Waals surface area (Å²) in [5.74, 6) is -0.908. The van der Waals surface area contributed by atoms with Crippen LogP contribution in [0.2, 0.25) is 0 Å². The summed E-state index contributed by atoms with van der Waals surface area (Å²) in [6, 6.07) is 1.94. The van der Waals surface area contributed by atoms with Crippen LogP contribution >= 0.6 is 11.3 Å². The van der Waals surface area contributed by atoms with Crippen LogP contribution in [0.15, 0.2) is 28.0 Å². The Kier molecular flexibility index (Phi) is 6.94. The van der Waals surface area contributed by atoms with Gasteiger partial charge in [-0.3, -0.25) is 5.32 Å². The minimum Gasteiger partial charge on any atom is -0.464 e. The molecule has 0 aliphatic heterocycles. The summed E-state index contributed by atoms with van der Waals surface area (Å²) in [6.45, 7) is 0. The number of guanidine groups is 1. The van der Waals surface area contributed by atoms with Crippen LogP contribution in [-0.2, 0) is 20.6 Å². The molecular weight excluding hydrogens is 376 g/mol. The lowest BCUT2D eigenvalue weighted by molar-refractivity contribution is 0.0596. The maximum absolute atomic E-state index is 12.1. The maximum Gasteiger partial charge on any atom is 0.436 e. The van der Waals surface area contributed by atoms with Crippen molar-refractivity contribution in [2.75, 3.05) is 26.6 Å². The number of carbonyl (C=O) groups excluding carboxylic acids is 3. The molecule has 2 aromatic rings. The molecule has 0 atom stereocenters. The Morgan fingerprint density at radius 3 is 2.56 bits per heavy atom. The number of hydrogen-bond donors (Lipinski definition) is 3. The standard InChI is InChI=1S/C16H18N4O6S/c1-24-13(21)12-11(10(7-17-12)6-9-4-5-27-8-9)18-14(19-15(22)25-2)20-16(23)26-3/h4-5,7-8,17H,6H2,1-3H3,(H2,18,19,20,22,23). The summed E-state index contributed by atoms with van der Waals surface area (Å²) in [6.07, 6.45) is 0.298. The van der Waals surface area contributed by atoms with Gasteiger partial charge in [0.25, 0.3) is 0 Å². The molecule has 0 unspecified atom stereocenters. The summed E-state index contributed by atoms with van der Waals surface area (Å²) in [7, 11) is 3.53. The second-order valence-electron chi connectivity index (χ2n) is 5.04. The zero-order valence-corrected chi connectivity index (χ0v) is 15.6. The number of nitrogens with one attached hydrogen (secondary N) is 3. The highest BCUT2D eigenvalue weighted by atomic mass is 32.1. The fourth-order valence-corrected chi connectivity index (χ4v) is 2.78. The van der Waals surface area contributed by atoms with Gasteiger partial charge in [0.15, 0.2) is 0 Å². The normalized spacial score (nSPS) is 10.9. The van der Waals surface area contributed by atoms with Crippen molar-refractivity contribution >= 4 is 41.1 Å². The molecule has 3 N–H and O–H groups in total. The van der Waals surface area contributed by atoms with Crippen molar-refractivity contribution in [1.82, 2.24) is 10.3 Å². The van der Waals surface area contributed by atoms with Crippen molar-refractivity contribution in [2.45, 2.75) is 6.42 Å². The predicted octanol–water partition coefficient (Wildman–Crippen LogP) is 2.34. The lowest BCUT2D eigenvalue weighted by Crippen LogP contribution is -2.37. The van der Waals surface area contributed by atoms with Crippen LogP contribution < -0.4 is 10.6 Å². The average Bonchev–Trinajstić information content (AvgIpc) is 3.31. The largest absolute Gasteiger partial charge is 0.464 e. The number of rotatable bonds is 4. The number of carbonyl (C=O) groups is 3. The number of thiophene rings is 1. The first-order valence-electron chi connectivity index (χ1n) is 7.56. The summed E-state index contributed by atoms with van der Waals surface area (Å²) < 4.78 is 13.7. The molecule has 0 saturated heterocycles. The van der Waals surface area contributed by atoms with Crippen molar-refractivity contribution < 1.29 is 28.6 Å². The molecule has 2 rings (SSSR count). The quantitative estimate of drug-likeness (QED) is 0.314. The van der Waals surface area contributed by atoms with E-state index in [0.29, 0.717) is 17.7 Å². The Hall–Kier alpha value is -3.34. The molecule has 11 heteroatoms. The molecule has 0 aliphatic rings. The fraction of sp³-hybridized carbons (Fsp3) is 0.250. The first-order chi connectivity index (χ1) is 13.0. The monoisotopic (exact) mass is 394 g/mol. The summed E-state index contributed by atoms with van der Waals surface area (Å²) in [5.41, 5.74) is 2.11. The van der Waals surface area contributed by atoms with Crippen LogP contribution in [0, 0.1) is 0 Å². The number of alkyl carbamates (subject to hydrolysis) is 1. The minimum absolute atomic E-state index is 0.104. The average molecular weight is 394 g/mol. The van der Waals surface area contributed by atoms with Gasteiger partial charge in [-0.2, -0.15) is 11.3 Å². The summed E-state index contributed by atoms with van der Waals surface area (Å²) in [5, 5.41) is 8.91. The van der Waals surface area contributed by atoms with Crippen LogP contribution in [0.25, 0.3) is 0 Å². The van der Waals surface area contributed by atoms with Crippen LogP contribution in [0.3, 0.4) is 0 Å². The SMILES string of the molecule is COC(=O)N=C(NC(=O)OC)Nc1c(Cc2ccsc2)c[nH]c1C(=O)OC. The highest BCUT2D eigenvalue weighted by Crippen LogP contribution is 2.25. The lowest BCUT2D eigenvalue weighted by atomic mass is 10.1. The number of esters is 1. The molecule has 27 heavy (non-hydrogen) atoms. The number of ether oxygens (including phenoxy) is 3. The number of amides is 2. The van der Waals surface area contributed by atoms with Gasteiger partial charge in [-0.05, 0) is 28.0 Å². The molecule has 0 fully saturated rings. The molecular formula is C16H18N4O6S. The summed E-state index contributed by atoms with van der Waals surface area (Å²) in [4.78, 5) is 41.5. The molecule has 0 saturated carbocycles. The molecule has 0 spiro atoms. The van der Waals surface area contributed by atoms with E-state index in [1.165, 1.54) is 18.4 Å². The van der Waals surface area contributed by atoms with E-state index < -0.39 is 18.2 Å². The number of aromatic nitrogens is 1. The van der Waals surface area contributed by atoms with Gasteiger partial charge in [0, 0.05) is 12.6 Å². The van der Waals surface area contributed by atoms with Gasteiger partial charge >= 0.3 is 18.2 Å². The Morgan fingerprint density at radius 2 is 1.96 bits per heavy atom. The van der Waals surface area contributed by atoms with Crippen LogP contribution in [0.5, 0.6) is 0 Å². The maximum atomic E-state index is 12.1. The van der Waals surface area contributed by atoms with Crippen molar-refractivity contribution in [1.29, 1.82) is 0 Å². The number of H-pyrrole nitrogens is 1. The lowest BCUT2D eigenvalue weighted by Gasteiger charge is -2.12. The van der Waals surface area contributed by atoms with E-state index in [4.69, 9.17) is 4.74 Å². The second kappa shape index (κ2) is 9.38. The van der Waals surface area contributed by atoms with E-state index in [-0.39, 0.29) is 11.7 Å². The number of hydrogen-bond acceptors (Lipinski definition) is 7. The van der Waals surface area contributed by atoms with E-state index in [2.05, 4.69) is 30.1 Å². The van der Waals surface area contributed by atoms with Gasteiger partial charge in [0.1, 0.15) is 5.69 Å². The molecule has 0 aliphatic carbocycles. The van der Waals surface area contributed by atoms with Crippen LogP contribution in [-0.4, -0.2) is 50.4 Å². The number of anilines is 1. The molecule has 0 aromatic carbocycles. The van der Waals surface area contributed by atoms with E-state index in [1.807, 2.05) is 16.8 Å². The van der Waals surface area contributed by atoms with E-state index in [9.17, 15) is 14.4 Å². The second-order valence-corrected chi connectivity index (χ2v) is 5.82. The highest BCUT2D eigenvalue weighted by Gasteiger charge is 2.21. The molecule has 0 bridgehead atoms. The molecule has 2 aromatic heterocycles. The Morgan fingerprint density at radius 1 is 1.19 bits per heavy atom. The van der Waals surface area contributed by atoms with Crippen molar-refractivity contribution in [3.8, 4) is 0 Å². The molecule has 2 heterocycles. The predicted molar refractivity (Wildman–Crippen MR) is 98.3 cm³/mol. The van der Waals surface area contributed by atoms with Gasteiger partial charge in [0.05, 0.1) is 27.0 Å². The Balaban J connectivity index is 2.40. The third-order valence-corrected chi connectivity index (χ3v) is 4.09. The van der Waals surface area contributed by atoms with Gasteiger partial charge in [-0.1, -0.05) is 0 Å². The highest BCUT2D eigenvalue weighted by molar-refractivity contribution is 7.07. The molecule has 2 amide bonds. The minimum atomic E-state index is -0.955. The Labute approximate surface area is 158 Å². The zero-order valence-electron chi connectivity index (χ0n) is 14.8. The molecule has 0 radical (unpaired) electrons. The zero-order chi connectivity index (χ0) is 19.8. The van der Waals surface area contributed by atoms with Crippen LogP contribution in [0.4, 0.5) is 15.3 Å². The van der Waals surface area contributed by atoms with E-state index in [0.717, 1.165) is 19.8 Å². The third-order valence-electron chi connectivity index (χ3n) is 3.35. The van der Waals surface area contributed by atoms with Crippen molar-refractivity contribution in [3.63, 3.8) is 0 Å². The van der Waals surface area contributed by atoms with Crippen molar-refractivity contribution in [3.05, 3.63) is 39.8 Å². The van der Waals surface area contributed by atoms with E-state index in [1.54, 1.807) is 6.20 Å². The van der Waals surface area contributed by atoms with Gasteiger partial charge in [0.2, 0.25) is 5.96 Å². The van der Waals surface area contributed by atoms with Crippen LogP contribution in [0.1, 0.15) is 21.6 Å². The smallest absolute Gasteiger partial charge is 0.436 e. The third kappa shape index (κ3) is 5.31. The first kappa shape index (κ1) is 20.0. The van der Waals surface area contributed by atoms with E-state index >= 15 is 0 Å². The summed E-state index contributed by atoms with van der Waals surface area (Å²) >= 11 is 1.54. The first-order valence-corrected chi connectivity index (χ1v) is 8.51. The van der Waals surface area contributed by atoms with Gasteiger partial charge in [-0.15, -0.1) is 4.99 Å².